The highest BCUT2D eigenvalue weighted by molar-refractivity contribution is 7.89. The Labute approximate surface area is 174 Å². The highest BCUT2D eigenvalue weighted by Gasteiger charge is 2.33. The third-order valence-electron chi connectivity index (χ3n) is 5.73. The number of furan rings is 1. The van der Waals surface area contributed by atoms with Crippen LogP contribution in [0, 0.1) is 12.7 Å². The van der Waals surface area contributed by atoms with Crippen molar-refractivity contribution in [2.45, 2.75) is 50.0 Å². The molecule has 1 aliphatic heterocycles. The van der Waals surface area contributed by atoms with E-state index in [1.165, 1.54) is 12.1 Å². The zero-order chi connectivity index (χ0) is 21.5. The van der Waals surface area contributed by atoms with Crippen molar-refractivity contribution in [3.05, 3.63) is 52.7 Å². The van der Waals surface area contributed by atoms with Crippen LogP contribution in [0.5, 0.6) is 0 Å². The number of ketones is 1. The van der Waals surface area contributed by atoms with Crippen molar-refractivity contribution < 1.29 is 26.8 Å². The van der Waals surface area contributed by atoms with Crippen LogP contribution in [0.2, 0.25) is 0 Å². The van der Waals surface area contributed by atoms with Gasteiger partial charge in [-0.1, -0.05) is 0 Å². The van der Waals surface area contributed by atoms with Gasteiger partial charge in [-0.3, -0.25) is 9.59 Å². The molecule has 0 unspecified atom stereocenters. The van der Waals surface area contributed by atoms with Crippen molar-refractivity contribution in [3.8, 4) is 0 Å². The molecule has 30 heavy (non-hydrogen) atoms. The van der Waals surface area contributed by atoms with Crippen LogP contribution in [0.25, 0.3) is 0 Å². The van der Waals surface area contributed by atoms with Crippen LogP contribution in [0.1, 0.15) is 57.9 Å². The van der Waals surface area contributed by atoms with E-state index in [-0.39, 0.29) is 28.4 Å². The van der Waals surface area contributed by atoms with Gasteiger partial charge in [0.15, 0.2) is 11.5 Å². The number of rotatable bonds is 4. The highest BCUT2D eigenvalue weighted by Crippen LogP contribution is 2.30. The first-order chi connectivity index (χ1) is 14.3. The number of amides is 1. The lowest BCUT2D eigenvalue weighted by molar-refractivity contribution is 0.0675. The predicted molar refractivity (Wildman–Crippen MR) is 106 cm³/mol. The van der Waals surface area contributed by atoms with Gasteiger partial charge in [-0.25, -0.2) is 17.5 Å². The monoisotopic (exact) mass is 434 g/mol. The molecule has 7 nitrogen and oxygen atoms in total. The summed E-state index contributed by atoms with van der Waals surface area (Å²) in [6.45, 7) is 2.48. The Hall–Kier alpha value is -2.52. The summed E-state index contributed by atoms with van der Waals surface area (Å²) in [5.41, 5.74) is 1.14. The van der Waals surface area contributed by atoms with Crippen LogP contribution >= 0.6 is 0 Å². The minimum atomic E-state index is -3.76. The molecule has 2 aliphatic rings. The average Bonchev–Trinajstić information content (AvgIpc) is 3.06. The fourth-order valence-electron chi connectivity index (χ4n) is 4.10. The third-order valence-corrected chi connectivity index (χ3v) is 7.26. The van der Waals surface area contributed by atoms with E-state index in [0.29, 0.717) is 55.7 Å². The summed E-state index contributed by atoms with van der Waals surface area (Å²) >= 11 is 0. The summed E-state index contributed by atoms with van der Waals surface area (Å²) in [6, 6.07) is 4.33. The molecule has 160 valence electrons. The van der Waals surface area contributed by atoms with E-state index in [1.807, 2.05) is 0 Å². The van der Waals surface area contributed by atoms with E-state index in [0.717, 1.165) is 18.6 Å². The zero-order valence-corrected chi connectivity index (χ0v) is 17.4. The maximum atomic E-state index is 13.0. The van der Waals surface area contributed by atoms with Crippen LogP contribution in [-0.4, -0.2) is 44.1 Å². The van der Waals surface area contributed by atoms with Gasteiger partial charge >= 0.3 is 0 Å². The number of nitrogens with zero attached hydrogens (tertiary/aromatic N) is 1. The molecule has 1 aliphatic carbocycles. The minimum Gasteiger partial charge on any atom is -0.455 e. The standard InChI is InChI=1S/C21H23FN2O5S/c1-13-19-17(25)3-2-4-18(19)29-20(13)21(26)24-11-9-15(10-12-24)23-30(27,28)16-7-5-14(22)6-8-16/h5-8,15,23H,2-4,9-12H2,1H3. The number of sulfonamides is 1. The normalized spacial score (nSPS) is 17.8. The summed E-state index contributed by atoms with van der Waals surface area (Å²) < 4.78 is 46.4. The Morgan fingerprint density at radius 2 is 1.83 bits per heavy atom. The zero-order valence-electron chi connectivity index (χ0n) is 16.6. The fourth-order valence-corrected chi connectivity index (χ4v) is 5.40. The number of hydrogen-bond donors (Lipinski definition) is 1. The van der Waals surface area contributed by atoms with Crippen LogP contribution in [0.4, 0.5) is 4.39 Å². The number of aryl methyl sites for hydroxylation is 1. The SMILES string of the molecule is Cc1c(C(=O)N2CCC(NS(=O)(=O)c3ccc(F)cc3)CC2)oc2c1C(=O)CCC2. The summed E-state index contributed by atoms with van der Waals surface area (Å²) in [5, 5.41) is 0. The van der Waals surface area contributed by atoms with E-state index in [1.54, 1.807) is 11.8 Å². The topological polar surface area (TPSA) is 96.7 Å². The molecule has 2 aromatic rings. The Bertz CT molecular complexity index is 1080. The van der Waals surface area contributed by atoms with E-state index in [9.17, 15) is 22.4 Å². The van der Waals surface area contributed by atoms with E-state index >= 15 is 0 Å². The molecule has 1 aromatic heterocycles. The van der Waals surface area contributed by atoms with Crippen molar-refractivity contribution in [2.24, 2.45) is 0 Å². The quantitative estimate of drug-likeness (QED) is 0.798. The summed E-state index contributed by atoms with van der Waals surface area (Å²) in [5.74, 6) is 0.0482. The first kappa shape index (κ1) is 20.7. The van der Waals surface area contributed by atoms with Gasteiger partial charge in [-0.15, -0.1) is 0 Å². The maximum Gasteiger partial charge on any atom is 0.289 e. The smallest absolute Gasteiger partial charge is 0.289 e. The molecular formula is C21H23FN2O5S. The Balaban J connectivity index is 1.41. The van der Waals surface area contributed by atoms with Crippen LogP contribution in [0.3, 0.4) is 0 Å². The Morgan fingerprint density at radius 1 is 1.17 bits per heavy atom. The second kappa shape index (κ2) is 7.96. The molecule has 2 heterocycles. The van der Waals surface area contributed by atoms with Crippen molar-refractivity contribution in [1.29, 1.82) is 0 Å². The molecule has 1 N–H and O–H groups in total. The first-order valence-electron chi connectivity index (χ1n) is 9.99. The molecule has 0 atom stereocenters. The van der Waals surface area contributed by atoms with Crippen molar-refractivity contribution >= 4 is 21.7 Å². The summed E-state index contributed by atoms with van der Waals surface area (Å²) in [7, 11) is -3.76. The Morgan fingerprint density at radius 3 is 2.47 bits per heavy atom. The number of fused-ring (bicyclic) bond motifs is 1. The van der Waals surface area contributed by atoms with Crippen molar-refractivity contribution in [2.75, 3.05) is 13.1 Å². The lowest BCUT2D eigenvalue weighted by atomic mass is 9.94. The van der Waals surface area contributed by atoms with Gasteiger partial charge in [0, 0.05) is 37.5 Å². The molecule has 0 saturated carbocycles. The van der Waals surface area contributed by atoms with Gasteiger partial charge in [0.1, 0.15) is 11.6 Å². The molecule has 4 rings (SSSR count). The van der Waals surface area contributed by atoms with Crippen LogP contribution in [-0.2, 0) is 16.4 Å². The highest BCUT2D eigenvalue weighted by atomic mass is 32.2. The van der Waals surface area contributed by atoms with Gasteiger partial charge in [-0.05, 0) is 50.5 Å². The molecule has 1 aromatic carbocycles. The Kier molecular flexibility index (Phi) is 5.50. The van der Waals surface area contributed by atoms with Crippen LogP contribution in [0.15, 0.2) is 33.6 Å². The van der Waals surface area contributed by atoms with Gasteiger partial charge in [0.05, 0.1) is 10.5 Å². The lowest BCUT2D eigenvalue weighted by Gasteiger charge is -2.31. The van der Waals surface area contributed by atoms with Gasteiger partial charge in [0.2, 0.25) is 10.0 Å². The molecule has 0 spiro atoms. The number of carbonyl (C=O) groups excluding carboxylic acids is 2. The number of carbonyl (C=O) groups is 2. The average molecular weight is 434 g/mol. The molecular weight excluding hydrogens is 411 g/mol. The van der Waals surface area contributed by atoms with Crippen molar-refractivity contribution in [3.63, 3.8) is 0 Å². The molecule has 1 fully saturated rings. The van der Waals surface area contributed by atoms with Crippen molar-refractivity contribution in [1.82, 2.24) is 9.62 Å². The molecule has 0 bridgehead atoms. The molecule has 0 radical (unpaired) electrons. The number of halogens is 1. The van der Waals surface area contributed by atoms with Gasteiger partial charge < -0.3 is 9.32 Å². The first-order valence-corrected chi connectivity index (χ1v) is 11.5. The summed E-state index contributed by atoms with van der Waals surface area (Å²) in [6.07, 6.45) is 2.75. The predicted octanol–water partition coefficient (Wildman–Crippen LogP) is 2.83. The lowest BCUT2D eigenvalue weighted by Crippen LogP contribution is -2.46. The second-order valence-corrected chi connectivity index (χ2v) is 9.49. The van der Waals surface area contributed by atoms with E-state index in [4.69, 9.17) is 4.42 Å². The number of likely N-dealkylation sites (tertiary alicyclic amines) is 1. The largest absolute Gasteiger partial charge is 0.455 e. The number of piperidine rings is 1. The van der Waals surface area contributed by atoms with Gasteiger partial charge in [-0.2, -0.15) is 0 Å². The molecule has 9 heteroatoms. The van der Waals surface area contributed by atoms with E-state index in [2.05, 4.69) is 4.72 Å². The van der Waals surface area contributed by atoms with E-state index < -0.39 is 15.8 Å². The number of Topliss-reactive ketones (excluding diaryl/α,β-unsaturated/α-hetero) is 1. The number of nitrogens with one attached hydrogen (secondary N) is 1. The minimum absolute atomic E-state index is 0.00358. The van der Waals surface area contributed by atoms with Gasteiger partial charge in [0.25, 0.3) is 5.91 Å². The third kappa shape index (κ3) is 3.91. The fraction of sp³-hybridized carbons (Fsp3) is 0.429. The summed E-state index contributed by atoms with van der Waals surface area (Å²) in [4.78, 5) is 26.7. The van der Waals surface area contributed by atoms with Crippen LogP contribution < -0.4 is 4.72 Å². The number of benzene rings is 1. The molecule has 1 amide bonds. The molecule has 1 saturated heterocycles. The maximum absolute atomic E-state index is 13.0. The second-order valence-electron chi connectivity index (χ2n) is 7.77. The number of hydrogen-bond acceptors (Lipinski definition) is 5.